The fraction of sp³-hybridized carbons (Fsp3) is 0.333. The Labute approximate surface area is 176 Å². The Balaban J connectivity index is 1.30. The number of likely N-dealkylation sites (tertiary alicyclic amines) is 1. The summed E-state index contributed by atoms with van der Waals surface area (Å²) >= 11 is 0. The van der Waals surface area contributed by atoms with Crippen molar-refractivity contribution in [1.29, 1.82) is 0 Å². The average Bonchev–Trinajstić information content (AvgIpc) is 3.27. The average molecular weight is 403 g/mol. The third kappa shape index (κ3) is 3.83. The van der Waals surface area contributed by atoms with Gasteiger partial charge in [-0.25, -0.2) is 9.97 Å². The van der Waals surface area contributed by atoms with Crippen LogP contribution < -0.4 is 14.2 Å². The molecule has 0 radical (unpaired) electrons. The molecule has 3 heterocycles. The SMILES string of the molecule is COc1ncc(-c2ccc(CN3CCC[C@@H]3c3ccc4c(c3)OCCO4)cc2)cn1. The van der Waals surface area contributed by atoms with Gasteiger partial charge in [0.2, 0.25) is 0 Å². The molecule has 30 heavy (non-hydrogen) atoms. The molecule has 5 rings (SSSR count). The van der Waals surface area contributed by atoms with Crippen LogP contribution in [0.25, 0.3) is 11.1 Å². The molecule has 1 aromatic heterocycles. The third-order valence-electron chi connectivity index (χ3n) is 5.80. The van der Waals surface area contributed by atoms with Gasteiger partial charge in [-0.1, -0.05) is 30.3 Å². The van der Waals surface area contributed by atoms with Crippen molar-refractivity contribution in [3.05, 3.63) is 66.0 Å². The monoisotopic (exact) mass is 403 g/mol. The van der Waals surface area contributed by atoms with Crippen LogP contribution in [-0.4, -0.2) is 41.7 Å². The van der Waals surface area contributed by atoms with Gasteiger partial charge in [0.05, 0.1) is 7.11 Å². The van der Waals surface area contributed by atoms with Crippen LogP contribution in [0.4, 0.5) is 0 Å². The lowest BCUT2D eigenvalue weighted by molar-refractivity contribution is 0.170. The highest BCUT2D eigenvalue weighted by atomic mass is 16.6. The van der Waals surface area contributed by atoms with Crippen LogP contribution in [0.2, 0.25) is 0 Å². The van der Waals surface area contributed by atoms with Crippen molar-refractivity contribution >= 4 is 0 Å². The molecule has 0 unspecified atom stereocenters. The van der Waals surface area contributed by atoms with Crippen molar-refractivity contribution in [2.24, 2.45) is 0 Å². The number of hydrogen-bond acceptors (Lipinski definition) is 6. The van der Waals surface area contributed by atoms with Crippen molar-refractivity contribution < 1.29 is 14.2 Å². The molecule has 0 bridgehead atoms. The Hall–Kier alpha value is -3.12. The molecule has 1 atom stereocenters. The first-order chi connectivity index (χ1) is 14.8. The first-order valence-corrected chi connectivity index (χ1v) is 10.4. The number of rotatable bonds is 5. The summed E-state index contributed by atoms with van der Waals surface area (Å²) in [6.45, 7) is 3.28. The van der Waals surface area contributed by atoms with E-state index in [0.29, 0.717) is 25.3 Å². The highest BCUT2D eigenvalue weighted by Crippen LogP contribution is 2.38. The Morgan fingerprint density at radius 2 is 1.73 bits per heavy atom. The summed E-state index contributed by atoms with van der Waals surface area (Å²) < 4.78 is 16.5. The topological polar surface area (TPSA) is 56.7 Å². The van der Waals surface area contributed by atoms with Crippen LogP contribution in [0, 0.1) is 0 Å². The summed E-state index contributed by atoms with van der Waals surface area (Å²) in [5, 5.41) is 0. The van der Waals surface area contributed by atoms with E-state index in [1.165, 1.54) is 24.0 Å². The molecule has 1 fully saturated rings. The second-order valence-electron chi connectivity index (χ2n) is 7.69. The zero-order valence-electron chi connectivity index (χ0n) is 17.1. The number of ether oxygens (including phenoxy) is 3. The second kappa shape index (κ2) is 8.32. The highest BCUT2D eigenvalue weighted by Gasteiger charge is 2.27. The van der Waals surface area contributed by atoms with Gasteiger partial charge in [0, 0.05) is 30.5 Å². The van der Waals surface area contributed by atoms with Gasteiger partial charge < -0.3 is 14.2 Å². The minimum absolute atomic E-state index is 0.384. The number of hydrogen-bond donors (Lipinski definition) is 0. The van der Waals surface area contributed by atoms with Crippen molar-refractivity contribution in [2.45, 2.75) is 25.4 Å². The van der Waals surface area contributed by atoms with Crippen LogP contribution in [0.1, 0.15) is 30.0 Å². The minimum Gasteiger partial charge on any atom is -0.486 e. The quantitative estimate of drug-likeness (QED) is 0.634. The van der Waals surface area contributed by atoms with E-state index >= 15 is 0 Å². The molecular formula is C24H25N3O3. The first kappa shape index (κ1) is 18.9. The van der Waals surface area contributed by atoms with E-state index in [1.54, 1.807) is 19.5 Å². The van der Waals surface area contributed by atoms with Crippen molar-refractivity contribution in [1.82, 2.24) is 14.9 Å². The molecule has 0 aliphatic carbocycles. The maximum absolute atomic E-state index is 5.79. The Bertz CT molecular complexity index is 1010. The number of fused-ring (bicyclic) bond motifs is 1. The summed E-state index contributed by atoms with van der Waals surface area (Å²) in [5.41, 5.74) is 4.70. The van der Waals surface area contributed by atoms with Gasteiger partial charge in [0.1, 0.15) is 13.2 Å². The molecule has 154 valence electrons. The fourth-order valence-corrected chi connectivity index (χ4v) is 4.27. The molecule has 0 amide bonds. The van der Waals surface area contributed by atoms with E-state index in [-0.39, 0.29) is 0 Å². The summed E-state index contributed by atoms with van der Waals surface area (Å²) in [5.74, 6) is 1.73. The molecule has 0 spiro atoms. The normalized spacial score (nSPS) is 18.4. The predicted molar refractivity (Wildman–Crippen MR) is 114 cm³/mol. The number of methoxy groups -OCH3 is 1. The molecule has 3 aromatic rings. The van der Waals surface area contributed by atoms with Crippen LogP contribution in [0.5, 0.6) is 17.5 Å². The van der Waals surface area contributed by atoms with Crippen molar-refractivity contribution in [3.8, 4) is 28.6 Å². The van der Waals surface area contributed by atoms with E-state index in [0.717, 1.165) is 35.7 Å². The van der Waals surface area contributed by atoms with E-state index in [2.05, 4.69) is 51.3 Å². The molecule has 2 aromatic carbocycles. The van der Waals surface area contributed by atoms with E-state index in [4.69, 9.17) is 14.2 Å². The van der Waals surface area contributed by atoms with Crippen LogP contribution in [0.15, 0.2) is 54.9 Å². The molecule has 2 aliphatic heterocycles. The predicted octanol–water partition coefficient (Wildman–Crippen LogP) is 4.26. The van der Waals surface area contributed by atoms with E-state index in [1.807, 2.05) is 6.07 Å². The van der Waals surface area contributed by atoms with Crippen LogP contribution >= 0.6 is 0 Å². The summed E-state index contributed by atoms with van der Waals surface area (Å²) in [6.07, 6.45) is 5.96. The Morgan fingerprint density at radius 1 is 0.967 bits per heavy atom. The number of aromatic nitrogens is 2. The maximum atomic E-state index is 5.79. The van der Waals surface area contributed by atoms with Gasteiger partial charge in [-0.05, 0) is 48.2 Å². The largest absolute Gasteiger partial charge is 0.486 e. The number of benzene rings is 2. The molecular weight excluding hydrogens is 378 g/mol. The van der Waals surface area contributed by atoms with Gasteiger partial charge in [0.15, 0.2) is 11.5 Å². The maximum Gasteiger partial charge on any atom is 0.316 e. The van der Waals surface area contributed by atoms with Gasteiger partial charge in [-0.3, -0.25) is 4.90 Å². The summed E-state index contributed by atoms with van der Waals surface area (Å²) in [6, 6.07) is 15.8. The first-order valence-electron chi connectivity index (χ1n) is 10.4. The fourth-order valence-electron chi connectivity index (χ4n) is 4.27. The molecule has 6 nitrogen and oxygen atoms in total. The summed E-state index contributed by atoms with van der Waals surface area (Å²) in [4.78, 5) is 10.9. The number of nitrogens with zero attached hydrogens (tertiary/aromatic N) is 3. The Morgan fingerprint density at radius 3 is 2.50 bits per heavy atom. The Kier molecular flexibility index (Phi) is 5.24. The molecule has 1 saturated heterocycles. The van der Waals surface area contributed by atoms with Gasteiger partial charge in [0.25, 0.3) is 0 Å². The van der Waals surface area contributed by atoms with Crippen molar-refractivity contribution in [3.63, 3.8) is 0 Å². The molecule has 0 N–H and O–H groups in total. The van der Waals surface area contributed by atoms with Gasteiger partial charge in [-0.15, -0.1) is 0 Å². The standard InChI is InChI=1S/C24H25N3O3/c1-28-24-25-14-20(15-26-24)18-6-4-17(5-7-18)16-27-10-2-3-21(27)19-8-9-22-23(13-19)30-12-11-29-22/h4-9,13-15,21H,2-3,10-12,16H2,1H3/t21-/m1/s1. The smallest absolute Gasteiger partial charge is 0.316 e. The zero-order valence-corrected chi connectivity index (χ0v) is 17.1. The van der Waals surface area contributed by atoms with E-state index in [9.17, 15) is 0 Å². The van der Waals surface area contributed by atoms with Crippen LogP contribution in [0.3, 0.4) is 0 Å². The van der Waals surface area contributed by atoms with Gasteiger partial charge in [-0.2, -0.15) is 0 Å². The zero-order chi connectivity index (χ0) is 20.3. The minimum atomic E-state index is 0.384. The highest BCUT2D eigenvalue weighted by molar-refractivity contribution is 5.61. The molecule has 2 aliphatic rings. The van der Waals surface area contributed by atoms with Crippen molar-refractivity contribution in [2.75, 3.05) is 26.9 Å². The lowest BCUT2D eigenvalue weighted by Gasteiger charge is -2.26. The molecule has 6 heteroatoms. The van der Waals surface area contributed by atoms with E-state index < -0.39 is 0 Å². The second-order valence-corrected chi connectivity index (χ2v) is 7.69. The summed E-state index contributed by atoms with van der Waals surface area (Å²) in [7, 11) is 1.57. The third-order valence-corrected chi connectivity index (χ3v) is 5.80. The van der Waals surface area contributed by atoms with Gasteiger partial charge >= 0.3 is 6.01 Å². The lowest BCUT2D eigenvalue weighted by atomic mass is 10.0. The molecule has 0 saturated carbocycles. The lowest BCUT2D eigenvalue weighted by Crippen LogP contribution is -2.23. The van der Waals surface area contributed by atoms with Crippen LogP contribution in [-0.2, 0) is 6.54 Å².